The predicted molar refractivity (Wildman–Crippen MR) is 86.3 cm³/mol. The first-order chi connectivity index (χ1) is 9.93. The van der Waals surface area contributed by atoms with Gasteiger partial charge in [-0.3, -0.25) is 10.3 Å². The van der Waals surface area contributed by atoms with Crippen LogP contribution in [0.4, 0.5) is 0 Å². The second kappa shape index (κ2) is 6.73. The van der Waals surface area contributed by atoms with Crippen LogP contribution in [0.2, 0.25) is 0 Å². The van der Waals surface area contributed by atoms with Crippen molar-refractivity contribution in [1.82, 2.24) is 5.32 Å². The molecule has 3 rings (SSSR count). The summed E-state index contributed by atoms with van der Waals surface area (Å²) in [5.41, 5.74) is 2.64. The molecule has 1 aliphatic heterocycles. The first kappa shape index (κ1) is 13.4. The maximum absolute atomic E-state index is 4.57. The molecule has 20 heavy (non-hydrogen) atoms. The highest BCUT2D eigenvalue weighted by atomic mass is 32.2. The summed E-state index contributed by atoms with van der Waals surface area (Å²) < 4.78 is 0. The van der Waals surface area contributed by atoms with E-state index in [1.165, 1.54) is 16.0 Å². The van der Waals surface area contributed by atoms with E-state index in [0.29, 0.717) is 0 Å². The van der Waals surface area contributed by atoms with Crippen LogP contribution in [0.1, 0.15) is 23.7 Å². The Morgan fingerprint density at radius 2 is 1.85 bits per heavy atom. The third-order valence-electron chi connectivity index (χ3n) is 3.32. The number of nitrogens with one attached hydrogen (secondary N) is 1. The van der Waals surface area contributed by atoms with Crippen molar-refractivity contribution in [3.63, 3.8) is 0 Å². The summed E-state index contributed by atoms with van der Waals surface area (Å²) in [6.07, 6.45) is 3.17. The molecule has 1 unspecified atom stereocenters. The SMILES string of the molecule is C1=NC(c2ccccc2SCc2ccccc2)NCC1. The van der Waals surface area contributed by atoms with Gasteiger partial charge in [-0.2, -0.15) is 0 Å². The van der Waals surface area contributed by atoms with E-state index in [1.54, 1.807) is 0 Å². The fourth-order valence-electron chi connectivity index (χ4n) is 2.28. The minimum absolute atomic E-state index is 0.114. The van der Waals surface area contributed by atoms with Crippen molar-refractivity contribution >= 4 is 18.0 Å². The van der Waals surface area contributed by atoms with E-state index < -0.39 is 0 Å². The molecule has 0 saturated carbocycles. The van der Waals surface area contributed by atoms with Crippen LogP contribution in [0.15, 0.2) is 64.5 Å². The summed E-state index contributed by atoms with van der Waals surface area (Å²) in [6.45, 7) is 1.01. The van der Waals surface area contributed by atoms with E-state index in [0.717, 1.165) is 18.7 Å². The molecule has 102 valence electrons. The smallest absolute Gasteiger partial charge is 0.126 e. The zero-order valence-corrected chi connectivity index (χ0v) is 12.1. The van der Waals surface area contributed by atoms with Gasteiger partial charge in [0, 0.05) is 29.0 Å². The highest BCUT2D eigenvalue weighted by molar-refractivity contribution is 7.98. The molecular formula is C17H18N2S. The lowest BCUT2D eigenvalue weighted by Gasteiger charge is -2.20. The first-order valence-electron chi connectivity index (χ1n) is 6.94. The first-order valence-corrected chi connectivity index (χ1v) is 7.93. The van der Waals surface area contributed by atoms with Crippen LogP contribution in [0.25, 0.3) is 0 Å². The van der Waals surface area contributed by atoms with Gasteiger partial charge in [-0.15, -0.1) is 11.8 Å². The van der Waals surface area contributed by atoms with Crippen LogP contribution in [0, 0.1) is 0 Å². The maximum atomic E-state index is 4.57. The van der Waals surface area contributed by atoms with Crippen molar-refractivity contribution in [3.05, 3.63) is 65.7 Å². The van der Waals surface area contributed by atoms with Gasteiger partial charge in [-0.05, 0) is 18.1 Å². The van der Waals surface area contributed by atoms with Gasteiger partial charge in [0.05, 0.1) is 0 Å². The van der Waals surface area contributed by atoms with Gasteiger partial charge in [0.1, 0.15) is 6.17 Å². The van der Waals surface area contributed by atoms with Gasteiger partial charge in [0.25, 0.3) is 0 Å². The number of rotatable bonds is 4. The summed E-state index contributed by atoms with van der Waals surface area (Å²) in [5.74, 6) is 0.994. The molecule has 0 bridgehead atoms. The van der Waals surface area contributed by atoms with Crippen LogP contribution in [0.5, 0.6) is 0 Å². The summed E-state index contributed by atoms with van der Waals surface area (Å²) in [5, 5.41) is 3.46. The molecule has 1 aliphatic rings. The second-order valence-corrected chi connectivity index (χ2v) is 5.81. The maximum Gasteiger partial charge on any atom is 0.126 e. The molecule has 0 aromatic heterocycles. The Bertz CT molecular complexity index is 581. The van der Waals surface area contributed by atoms with Crippen molar-refractivity contribution in [2.24, 2.45) is 4.99 Å². The lowest BCUT2D eigenvalue weighted by molar-refractivity contribution is 0.540. The third-order valence-corrected chi connectivity index (χ3v) is 4.48. The molecule has 2 aromatic carbocycles. The normalized spacial score (nSPS) is 18.1. The van der Waals surface area contributed by atoms with Crippen LogP contribution in [-0.4, -0.2) is 12.8 Å². The van der Waals surface area contributed by atoms with E-state index in [2.05, 4.69) is 64.9 Å². The highest BCUT2D eigenvalue weighted by Gasteiger charge is 2.14. The zero-order valence-electron chi connectivity index (χ0n) is 11.3. The molecule has 2 nitrogen and oxygen atoms in total. The summed E-state index contributed by atoms with van der Waals surface area (Å²) in [7, 11) is 0. The fraction of sp³-hybridized carbons (Fsp3) is 0.235. The number of aliphatic imine (C=N–C) groups is 1. The Labute approximate surface area is 124 Å². The van der Waals surface area contributed by atoms with Gasteiger partial charge in [0.2, 0.25) is 0 Å². The van der Waals surface area contributed by atoms with E-state index in [4.69, 9.17) is 0 Å². The quantitative estimate of drug-likeness (QED) is 0.856. The van der Waals surface area contributed by atoms with Gasteiger partial charge in [-0.1, -0.05) is 48.5 Å². The average Bonchev–Trinajstić information content (AvgIpc) is 2.55. The van der Waals surface area contributed by atoms with Crippen LogP contribution in [0.3, 0.4) is 0 Å². The van der Waals surface area contributed by atoms with Crippen molar-refractivity contribution in [2.45, 2.75) is 23.2 Å². The van der Waals surface area contributed by atoms with Crippen molar-refractivity contribution < 1.29 is 0 Å². The van der Waals surface area contributed by atoms with E-state index in [9.17, 15) is 0 Å². The van der Waals surface area contributed by atoms with Crippen LogP contribution < -0.4 is 5.32 Å². The van der Waals surface area contributed by atoms with Gasteiger partial charge < -0.3 is 0 Å². The Balaban J connectivity index is 1.76. The molecule has 0 fully saturated rings. The molecule has 0 saturated heterocycles. The molecular weight excluding hydrogens is 264 g/mol. The predicted octanol–water partition coefficient (Wildman–Crippen LogP) is 4.04. The Morgan fingerprint density at radius 1 is 1.05 bits per heavy atom. The standard InChI is InChI=1S/C17H18N2S/c1-2-7-14(8-3-1)13-20-16-10-5-4-9-15(16)17-18-11-6-12-19-17/h1-5,7-11,17,19H,6,12-13H2. The van der Waals surface area contributed by atoms with Crippen molar-refractivity contribution in [1.29, 1.82) is 0 Å². The lowest BCUT2D eigenvalue weighted by Crippen LogP contribution is -2.25. The third kappa shape index (κ3) is 3.30. The lowest BCUT2D eigenvalue weighted by atomic mass is 10.1. The summed E-state index contributed by atoms with van der Waals surface area (Å²) >= 11 is 1.88. The van der Waals surface area contributed by atoms with Crippen molar-refractivity contribution in [3.8, 4) is 0 Å². The molecule has 1 N–H and O–H groups in total. The number of nitrogens with zero attached hydrogens (tertiary/aromatic N) is 1. The number of hydrogen-bond donors (Lipinski definition) is 1. The molecule has 0 amide bonds. The fourth-order valence-corrected chi connectivity index (χ4v) is 3.32. The second-order valence-electron chi connectivity index (χ2n) is 4.79. The molecule has 0 spiro atoms. The van der Waals surface area contributed by atoms with E-state index in [-0.39, 0.29) is 6.17 Å². The zero-order chi connectivity index (χ0) is 13.6. The van der Waals surface area contributed by atoms with Gasteiger partial charge in [0.15, 0.2) is 0 Å². The number of thioether (sulfide) groups is 1. The van der Waals surface area contributed by atoms with Crippen molar-refractivity contribution in [2.75, 3.05) is 6.54 Å². The topological polar surface area (TPSA) is 24.4 Å². The van der Waals surface area contributed by atoms with Crippen LogP contribution in [-0.2, 0) is 5.75 Å². The van der Waals surface area contributed by atoms with Gasteiger partial charge >= 0.3 is 0 Å². The largest absolute Gasteiger partial charge is 0.292 e. The molecule has 1 heterocycles. The summed E-state index contributed by atoms with van der Waals surface area (Å²) in [4.78, 5) is 5.88. The Hall–Kier alpha value is -1.58. The molecule has 0 radical (unpaired) electrons. The minimum atomic E-state index is 0.114. The molecule has 2 aromatic rings. The molecule has 1 atom stereocenters. The Kier molecular flexibility index (Phi) is 4.51. The van der Waals surface area contributed by atoms with Crippen LogP contribution >= 0.6 is 11.8 Å². The van der Waals surface area contributed by atoms with E-state index >= 15 is 0 Å². The molecule has 3 heteroatoms. The minimum Gasteiger partial charge on any atom is -0.292 e. The number of benzene rings is 2. The van der Waals surface area contributed by atoms with Gasteiger partial charge in [-0.25, -0.2) is 0 Å². The van der Waals surface area contributed by atoms with E-state index in [1.807, 2.05) is 18.0 Å². The number of hydrogen-bond acceptors (Lipinski definition) is 3. The monoisotopic (exact) mass is 282 g/mol. The highest BCUT2D eigenvalue weighted by Crippen LogP contribution is 2.31. The summed E-state index contributed by atoms with van der Waals surface area (Å²) in [6, 6.07) is 19.1. The average molecular weight is 282 g/mol. The molecule has 0 aliphatic carbocycles. The Morgan fingerprint density at radius 3 is 2.65 bits per heavy atom.